The van der Waals surface area contributed by atoms with Crippen molar-refractivity contribution in [1.29, 1.82) is 5.26 Å². The predicted molar refractivity (Wildman–Crippen MR) is 120 cm³/mol. The average Bonchev–Trinajstić information content (AvgIpc) is 2.79. The van der Waals surface area contributed by atoms with Gasteiger partial charge < -0.3 is 10.2 Å². The number of anilines is 2. The van der Waals surface area contributed by atoms with E-state index in [1.54, 1.807) is 20.0 Å². The van der Waals surface area contributed by atoms with Crippen molar-refractivity contribution in [2.45, 2.75) is 26.3 Å². The van der Waals surface area contributed by atoms with Crippen LogP contribution in [0.1, 0.15) is 36.3 Å². The van der Waals surface area contributed by atoms with Gasteiger partial charge in [0.05, 0.1) is 35.9 Å². The SMILES string of the molecule is Cc1nc(N[C@H](C)c2cccc(C(F)F)c2F)c2cc(N3CCN(CC#N)CC3)ncc2n1. The number of nitrogens with zero attached hydrogens (tertiary/aromatic N) is 6. The van der Waals surface area contributed by atoms with Crippen LogP contribution in [0.25, 0.3) is 10.9 Å². The molecule has 33 heavy (non-hydrogen) atoms. The molecule has 1 N–H and O–H groups in total. The summed E-state index contributed by atoms with van der Waals surface area (Å²) in [4.78, 5) is 17.7. The van der Waals surface area contributed by atoms with Crippen LogP contribution in [0.3, 0.4) is 0 Å². The van der Waals surface area contributed by atoms with Crippen molar-refractivity contribution in [3.63, 3.8) is 0 Å². The van der Waals surface area contributed by atoms with Gasteiger partial charge >= 0.3 is 0 Å². The summed E-state index contributed by atoms with van der Waals surface area (Å²) in [5.74, 6) is 0.839. The van der Waals surface area contributed by atoms with E-state index >= 15 is 0 Å². The summed E-state index contributed by atoms with van der Waals surface area (Å²) in [6.45, 7) is 6.85. The number of nitrogens with one attached hydrogen (secondary N) is 1. The Labute approximate surface area is 189 Å². The van der Waals surface area contributed by atoms with Crippen LogP contribution < -0.4 is 10.2 Å². The zero-order chi connectivity index (χ0) is 23.5. The lowest BCUT2D eigenvalue weighted by Gasteiger charge is -2.34. The maximum Gasteiger partial charge on any atom is 0.266 e. The van der Waals surface area contributed by atoms with Gasteiger partial charge in [0.25, 0.3) is 6.43 Å². The molecule has 4 rings (SSSR count). The molecule has 0 amide bonds. The second-order valence-corrected chi connectivity index (χ2v) is 8.02. The largest absolute Gasteiger partial charge is 0.363 e. The number of rotatable bonds is 6. The molecule has 1 aliphatic heterocycles. The molecule has 7 nitrogen and oxygen atoms in total. The molecule has 0 aliphatic carbocycles. The molecule has 1 aromatic carbocycles. The summed E-state index contributed by atoms with van der Waals surface area (Å²) < 4.78 is 40.9. The van der Waals surface area contributed by atoms with Crippen LogP contribution in [0.15, 0.2) is 30.5 Å². The summed E-state index contributed by atoms with van der Waals surface area (Å²) >= 11 is 0. The number of fused-ring (bicyclic) bond motifs is 1. The number of aromatic nitrogens is 3. The predicted octanol–water partition coefficient (Wildman–Crippen LogP) is 4.23. The Morgan fingerprint density at radius 3 is 2.58 bits per heavy atom. The van der Waals surface area contributed by atoms with Crippen molar-refractivity contribution in [1.82, 2.24) is 19.9 Å². The van der Waals surface area contributed by atoms with E-state index in [0.717, 1.165) is 38.1 Å². The van der Waals surface area contributed by atoms with Gasteiger partial charge in [-0.2, -0.15) is 5.26 Å². The summed E-state index contributed by atoms with van der Waals surface area (Å²) in [5, 5.41) is 12.8. The molecule has 1 fully saturated rings. The number of halogens is 3. The lowest BCUT2D eigenvalue weighted by molar-refractivity contribution is 0.146. The number of aryl methyl sites for hydroxylation is 1. The maximum atomic E-state index is 14.7. The minimum Gasteiger partial charge on any atom is -0.363 e. The van der Waals surface area contributed by atoms with Crippen LogP contribution in [0.2, 0.25) is 0 Å². The molecule has 10 heteroatoms. The van der Waals surface area contributed by atoms with Gasteiger partial charge in [0.1, 0.15) is 23.3 Å². The van der Waals surface area contributed by atoms with Crippen LogP contribution in [0.5, 0.6) is 0 Å². The van der Waals surface area contributed by atoms with Crippen molar-refractivity contribution >= 4 is 22.5 Å². The smallest absolute Gasteiger partial charge is 0.266 e. The fraction of sp³-hybridized carbons (Fsp3) is 0.391. The number of piperazine rings is 1. The monoisotopic (exact) mass is 455 g/mol. The molecule has 1 saturated heterocycles. The summed E-state index contributed by atoms with van der Waals surface area (Å²) in [6.07, 6.45) is -1.21. The van der Waals surface area contributed by atoms with E-state index in [1.807, 2.05) is 6.07 Å². The van der Waals surface area contributed by atoms with Crippen molar-refractivity contribution in [2.75, 3.05) is 42.9 Å². The van der Waals surface area contributed by atoms with E-state index in [-0.39, 0.29) is 5.56 Å². The zero-order valence-electron chi connectivity index (χ0n) is 18.4. The fourth-order valence-corrected chi connectivity index (χ4v) is 4.01. The standard InChI is InChI=1S/C23H24F3N7/c1-14(16-4-3-5-17(21(16)24)22(25)26)29-23-18-12-20(28-13-19(18)30-15(2)31-23)33-10-8-32(7-6-27)9-11-33/h3-5,12-14,22H,7-11H2,1-2H3,(H,29,30,31)/t14-/m1/s1. The van der Waals surface area contributed by atoms with Crippen LogP contribution >= 0.6 is 0 Å². The third-order valence-corrected chi connectivity index (χ3v) is 5.78. The van der Waals surface area contributed by atoms with Crippen molar-refractivity contribution in [3.05, 3.63) is 53.2 Å². The second-order valence-electron chi connectivity index (χ2n) is 8.02. The number of hydrogen-bond donors (Lipinski definition) is 1. The third-order valence-electron chi connectivity index (χ3n) is 5.78. The molecule has 1 aliphatic rings. The Morgan fingerprint density at radius 2 is 1.88 bits per heavy atom. The number of alkyl halides is 2. The van der Waals surface area contributed by atoms with Gasteiger partial charge in [0.2, 0.25) is 0 Å². The molecule has 3 aromatic rings. The number of hydrogen-bond acceptors (Lipinski definition) is 7. The Balaban J connectivity index is 1.63. The maximum absolute atomic E-state index is 14.7. The first-order valence-electron chi connectivity index (χ1n) is 10.7. The average molecular weight is 455 g/mol. The first-order valence-corrected chi connectivity index (χ1v) is 10.7. The molecule has 1 atom stereocenters. The van der Waals surface area contributed by atoms with Crippen LogP contribution in [0, 0.1) is 24.1 Å². The lowest BCUT2D eigenvalue weighted by Crippen LogP contribution is -2.46. The normalized spacial score (nSPS) is 15.6. The van der Waals surface area contributed by atoms with E-state index in [2.05, 4.69) is 36.1 Å². The summed E-state index contributed by atoms with van der Waals surface area (Å²) in [6, 6.07) is 7.46. The molecule has 0 bridgehead atoms. The quantitative estimate of drug-likeness (QED) is 0.557. The first kappa shape index (κ1) is 22.7. The molecule has 0 saturated carbocycles. The Hall–Kier alpha value is -3.45. The summed E-state index contributed by atoms with van der Waals surface area (Å²) in [5.41, 5.74) is 0.151. The summed E-state index contributed by atoms with van der Waals surface area (Å²) in [7, 11) is 0. The third kappa shape index (κ3) is 4.83. The minimum atomic E-state index is -2.89. The van der Waals surface area contributed by atoms with Crippen molar-refractivity contribution < 1.29 is 13.2 Å². The molecule has 0 unspecified atom stereocenters. The highest BCUT2D eigenvalue weighted by Gasteiger charge is 2.22. The molecule has 0 radical (unpaired) electrons. The first-order chi connectivity index (χ1) is 15.9. The number of nitriles is 1. The highest BCUT2D eigenvalue weighted by Crippen LogP contribution is 2.31. The number of benzene rings is 1. The van der Waals surface area contributed by atoms with Crippen molar-refractivity contribution in [2.24, 2.45) is 0 Å². The second kappa shape index (κ2) is 9.58. The zero-order valence-corrected chi connectivity index (χ0v) is 18.4. The molecule has 2 aromatic heterocycles. The molecule has 172 valence electrons. The van der Waals surface area contributed by atoms with E-state index in [1.165, 1.54) is 12.1 Å². The van der Waals surface area contributed by atoms with Crippen LogP contribution in [0.4, 0.5) is 24.8 Å². The van der Waals surface area contributed by atoms with Crippen LogP contribution in [-0.4, -0.2) is 52.6 Å². The van der Waals surface area contributed by atoms with E-state index in [4.69, 9.17) is 5.26 Å². The highest BCUT2D eigenvalue weighted by molar-refractivity contribution is 5.90. The topological polar surface area (TPSA) is 81.0 Å². The fourth-order valence-electron chi connectivity index (χ4n) is 4.01. The molecular weight excluding hydrogens is 431 g/mol. The number of pyridine rings is 1. The van der Waals surface area contributed by atoms with Gasteiger partial charge in [0, 0.05) is 37.1 Å². The van der Waals surface area contributed by atoms with Gasteiger partial charge in [0.15, 0.2) is 0 Å². The molecule has 3 heterocycles. The van der Waals surface area contributed by atoms with Crippen LogP contribution in [-0.2, 0) is 0 Å². The Morgan fingerprint density at radius 1 is 1.15 bits per heavy atom. The van der Waals surface area contributed by atoms with Crippen molar-refractivity contribution in [3.8, 4) is 6.07 Å². The van der Waals surface area contributed by atoms with Gasteiger partial charge in [-0.05, 0) is 19.9 Å². The van der Waals surface area contributed by atoms with Gasteiger partial charge in [-0.3, -0.25) is 4.90 Å². The lowest BCUT2D eigenvalue weighted by atomic mass is 10.0. The Bertz CT molecular complexity index is 1190. The molecule has 0 spiro atoms. The Kier molecular flexibility index (Phi) is 6.60. The van der Waals surface area contributed by atoms with E-state index < -0.39 is 23.8 Å². The highest BCUT2D eigenvalue weighted by atomic mass is 19.3. The van der Waals surface area contributed by atoms with Gasteiger partial charge in [-0.1, -0.05) is 18.2 Å². The van der Waals surface area contributed by atoms with E-state index in [0.29, 0.717) is 29.1 Å². The van der Waals surface area contributed by atoms with E-state index in [9.17, 15) is 13.2 Å². The van der Waals surface area contributed by atoms with Gasteiger partial charge in [-0.25, -0.2) is 28.1 Å². The molecular formula is C23H24F3N7. The minimum absolute atomic E-state index is 0.139. The van der Waals surface area contributed by atoms with Gasteiger partial charge in [-0.15, -0.1) is 0 Å².